The highest BCUT2D eigenvalue weighted by molar-refractivity contribution is 9.09. The molecule has 1 aliphatic rings. The molecule has 0 aromatic heterocycles. The van der Waals surface area contributed by atoms with E-state index in [2.05, 4.69) is 42.0 Å². The Labute approximate surface area is 119 Å². The van der Waals surface area contributed by atoms with Crippen LogP contribution in [0.15, 0.2) is 0 Å². The second kappa shape index (κ2) is 8.16. The normalized spacial score (nSPS) is 25.4. The van der Waals surface area contributed by atoms with Crippen LogP contribution in [0.5, 0.6) is 0 Å². The smallest absolute Gasteiger partial charge is 0.225 e. The number of hydrogen-bond donors (Lipinski definition) is 1. The molecule has 106 valence electrons. The van der Waals surface area contributed by atoms with Gasteiger partial charge < -0.3 is 10.1 Å². The third-order valence-electron chi connectivity index (χ3n) is 3.98. The lowest BCUT2D eigenvalue weighted by molar-refractivity contribution is -0.126. The van der Waals surface area contributed by atoms with Gasteiger partial charge in [-0.25, -0.2) is 0 Å². The van der Waals surface area contributed by atoms with Crippen LogP contribution >= 0.6 is 15.9 Å². The quantitative estimate of drug-likeness (QED) is 0.732. The molecule has 0 spiro atoms. The van der Waals surface area contributed by atoms with Gasteiger partial charge >= 0.3 is 0 Å². The number of halogens is 1. The van der Waals surface area contributed by atoms with E-state index < -0.39 is 0 Å². The molecule has 1 aliphatic heterocycles. The summed E-state index contributed by atoms with van der Waals surface area (Å²) in [6, 6.07) is 0. The molecule has 0 bridgehead atoms. The van der Waals surface area contributed by atoms with Gasteiger partial charge in [-0.1, -0.05) is 49.5 Å². The van der Waals surface area contributed by atoms with Crippen LogP contribution in [0.25, 0.3) is 0 Å². The fraction of sp³-hybridized carbons (Fsp3) is 0.929. The van der Waals surface area contributed by atoms with Crippen LogP contribution in [-0.4, -0.2) is 30.0 Å². The number of amides is 1. The summed E-state index contributed by atoms with van der Waals surface area (Å²) in [5, 5.41) is 3.07. The van der Waals surface area contributed by atoms with Gasteiger partial charge in [0.15, 0.2) is 0 Å². The van der Waals surface area contributed by atoms with Crippen molar-refractivity contribution in [3.63, 3.8) is 0 Å². The highest BCUT2D eigenvalue weighted by atomic mass is 79.9. The lowest BCUT2D eigenvalue weighted by atomic mass is 9.97. The Kier molecular flexibility index (Phi) is 7.23. The standard InChI is InChI=1S/C14H26BrNO2/c1-4-10(5-2)12(15)9-16-14(17)11-7-8-18-13(11)6-3/h10-13H,4-9H2,1-3H3,(H,16,17). The third kappa shape index (κ3) is 4.23. The summed E-state index contributed by atoms with van der Waals surface area (Å²) >= 11 is 3.69. The van der Waals surface area contributed by atoms with Crippen LogP contribution in [0, 0.1) is 11.8 Å². The van der Waals surface area contributed by atoms with E-state index in [0.29, 0.717) is 10.7 Å². The van der Waals surface area contributed by atoms with Crippen LogP contribution in [0.2, 0.25) is 0 Å². The van der Waals surface area contributed by atoms with Gasteiger partial charge in [0.25, 0.3) is 0 Å². The Bertz CT molecular complexity index is 256. The van der Waals surface area contributed by atoms with Crippen molar-refractivity contribution in [2.45, 2.75) is 57.4 Å². The summed E-state index contributed by atoms with van der Waals surface area (Å²) in [6.07, 6.45) is 4.19. The van der Waals surface area contributed by atoms with Crippen LogP contribution in [0.4, 0.5) is 0 Å². The highest BCUT2D eigenvalue weighted by Gasteiger charge is 2.32. The number of alkyl halides is 1. The summed E-state index contributed by atoms with van der Waals surface area (Å²) in [6.45, 7) is 7.91. The predicted molar refractivity (Wildman–Crippen MR) is 77.9 cm³/mol. The van der Waals surface area contributed by atoms with Gasteiger partial charge in [0.2, 0.25) is 5.91 Å². The van der Waals surface area contributed by atoms with Gasteiger partial charge in [0.1, 0.15) is 0 Å². The first-order valence-corrected chi connectivity index (χ1v) is 8.08. The first kappa shape index (κ1) is 16.0. The third-order valence-corrected chi connectivity index (χ3v) is 5.05. The number of ether oxygens (including phenoxy) is 1. The van der Waals surface area contributed by atoms with E-state index >= 15 is 0 Å². The van der Waals surface area contributed by atoms with Crippen molar-refractivity contribution >= 4 is 21.8 Å². The minimum atomic E-state index is 0.0522. The maximum atomic E-state index is 12.1. The Hall–Kier alpha value is -0.0900. The largest absolute Gasteiger partial charge is 0.377 e. The zero-order valence-electron chi connectivity index (χ0n) is 11.7. The van der Waals surface area contributed by atoms with E-state index in [9.17, 15) is 4.79 Å². The molecule has 18 heavy (non-hydrogen) atoms. The monoisotopic (exact) mass is 319 g/mol. The number of carbonyl (C=O) groups is 1. The molecule has 1 rings (SSSR count). The minimum Gasteiger partial charge on any atom is -0.377 e. The molecule has 0 aliphatic carbocycles. The van der Waals surface area contributed by atoms with Crippen LogP contribution < -0.4 is 5.32 Å². The molecule has 1 saturated heterocycles. The second-order valence-electron chi connectivity index (χ2n) is 5.05. The molecule has 1 amide bonds. The molecule has 4 heteroatoms. The van der Waals surface area contributed by atoms with Gasteiger partial charge in [-0.05, 0) is 18.8 Å². The first-order chi connectivity index (χ1) is 8.63. The SMILES string of the molecule is CCC(CC)C(Br)CNC(=O)C1CCOC1CC. The van der Waals surface area contributed by atoms with Gasteiger partial charge in [-0.3, -0.25) is 4.79 Å². The Balaban J connectivity index is 2.36. The molecule has 0 aromatic rings. The fourth-order valence-corrected chi connectivity index (χ4v) is 3.56. The average Bonchev–Trinajstić information content (AvgIpc) is 2.85. The summed E-state index contributed by atoms with van der Waals surface area (Å²) in [5.74, 6) is 0.846. The fourth-order valence-electron chi connectivity index (χ4n) is 2.65. The van der Waals surface area contributed by atoms with Crippen molar-refractivity contribution in [3.05, 3.63) is 0 Å². The summed E-state index contributed by atoms with van der Waals surface area (Å²) < 4.78 is 5.56. The van der Waals surface area contributed by atoms with Gasteiger partial charge in [-0.2, -0.15) is 0 Å². The van der Waals surface area contributed by atoms with Crippen molar-refractivity contribution in [2.24, 2.45) is 11.8 Å². The Morgan fingerprint density at radius 2 is 2.06 bits per heavy atom. The van der Waals surface area contributed by atoms with Crippen molar-refractivity contribution in [2.75, 3.05) is 13.2 Å². The highest BCUT2D eigenvalue weighted by Crippen LogP contribution is 2.24. The summed E-state index contributed by atoms with van der Waals surface area (Å²) in [5.41, 5.74) is 0. The molecule has 1 heterocycles. The number of carbonyl (C=O) groups excluding carboxylic acids is 1. The maximum Gasteiger partial charge on any atom is 0.225 e. The van der Waals surface area contributed by atoms with E-state index in [1.54, 1.807) is 0 Å². The summed E-state index contributed by atoms with van der Waals surface area (Å²) in [4.78, 5) is 12.5. The van der Waals surface area contributed by atoms with Crippen LogP contribution in [0.3, 0.4) is 0 Å². The summed E-state index contributed by atoms with van der Waals surface area (Å²) in [7, 11) is 0. The van der Waals surface area contributed by atoms with Gasteiger partial charge in [-0.15, -0.1) is 0 Å². The molecule has 3 atom stereocenters. The molecular weight excluding hydrogens is 294 g/mol. The van der Waals surface area contributed by atoms with Crippen LogP contribution in [0.1, 0.15) is 46.5 Å². The minimum absolute atomic E-state index is 0.0522. The van der Waals surface area contributed by atoms with Crippen LogP contribution in [-0.2, 0) is 9.53 Å². The van der Waals surface area contributed by atoms with Crippen molar-refractivity contribution < 1.29 is 9.53 Å². The van der Waals surface area contributed by atoms with E-state index in [-0.39, 0.29) is 17.9 Å². The predicted octanol–water partition coefficient (Wildman–Crippen LogP) is 3.12. The molecule has 3 nitrogen and oxygen atoms in total. The van der Waals surface area contributed by atoms with Gasteiger partial charge in [0.05, 0.1) is 12.0 Å². The topological polar surface area (TPSA) is 38.3 Å². The van der Waals surface area contributed by atoms with Crippen molar-refractivity contribution in [3.8, 4) is 0 Å². The zero-order valence-corrected chi connectivity index (χ0v) is 13.3. The van der Waals surface area contributed by atoms with E-state index in [4.69, 9.17) is 4.74 Å². The Morgan fingerprint density at radius 1 is 1.39 bits per heavy atom. The molecule has 0 aromatic carbocycles. The number of hydrogen-bond acceptors (Lipinski definition) is 2. The van der Waals surface area contributed by atoms with Crippen molar-refractivity contribution in [1.82, 2.24) is 5.32 Å². The first-order valence-electron chi connectivity index (χ1n) is 7.17. The molecule has 0 saturated carbocycles. The lowest BCUT2D eigenvalue weighted by Crippen LogP contribution is -2.39. The van der Waals surface area contributed by atoms with E-state index in [1.165, 1.54) is 0 Å². The lowest BCUT2D eigenvalue weighted by Gasteiger charge is -2.22. The van der Waals surface area contributed by atoms with Crippen molar-refractivity contribution in [1.29, 1.82) is 0 Å². The molecule has 1 N–H and O–H groups in total. The maximum absolute atomic E-state index is 12.1. The Morgan fingerprint density at radius 3 is 2.61 bits per heavy atom. The molecule has 1 fully saturated rings. The average molecular weight is 320 g/mol. The second-order valence-corrected chi connectivity index (χ2v) is 6.23. The number of nitrogens with one attached hydrogen (secondary N) is 1. The van der Waals surface area contributed by atoms with Gasteiger partial charge in [0, 0.05) is 18.0 Å². The molecule has 0 radical (unpaired) electrons. The van der Waals surface area contributed by atoms with E-state index in [1.807, 2.05) is 0 Å². The molecular formula is C14H26BrNO2. The zero-order chi connectivity index (χ0) is 13.5. The van der Waals surface area contributed by atoms with E-state index in [0.717, 1.165) is 38.8 Å². The number of rotatable bonds is 7. The molecule has 3 unspecified atom stereocenters.